The Kier molecular flexibility index (Phi) is 10.4. The van der Waals surface area contributed by atoms with Crippen LogP contribution in [0.1, 0.15) is 66.1 Å². The zero-order chi connectivity index (χ0) is 39.8. The second-order valence-corrected chi connectivity index (χ2v) is 15.1. The molecule has 2 atom stereocenters. The maximum Gasteiger partial charge on any atom is 0.387 e. The van der Waals surface area contributed by atoms with Crippen molar-refractivity contribution in [2.75, 3.05) is 13.1 Å². The van der Waals surface area contributed by atoms with Gasteiger partial charge in [-0.2, -0.15) is 8.78 Å². The van der Waals surface area contributed by atoms with Crippen molar-refractivity contribution in [2.45, 2.75) is 84.3 Å². The summed E-state index contributed by atoms with van der Waals surface area (Å²) in [6.07, 6.45) is 7.22. The minimum absolute atomic E-state index is 0.0682. The fraction of sp³-hybridized carbons (Fsp3) is 0.341. The highest BCUT2D eigenvalue weighted by Crippen LogP contribution is 2.38. The number of aromatic nitrogens is 3. The first-order valence-corrected chi connectivity index (χ1v) is 19.1. The third kappa shape index (κ3) is 7.56. The number of hydrogen-bond acceptors (Lipinski definition) is 10. The molecule has 6 aromatic rings. The van der Waals surface area contributed by atoms with Crippen molar-refractivity contribution in [3.8, 4) is 28.3 Å². The monoisotopic (exact) mass is 775 g/mol. The Morgan fingerprint density at radius 1 is 1.00 bits per heavy atom. The van der Waals surface area contributed by atoms with E-state index >= 15 is 0 Å². The van der Waals surface area contributed by atoms with Crippen molar-refractivity contribution >= 4 is 34.4 Å². The molecule has 2 aliphatic heterocycles. The molecule has 5 heterocycles. The van der Waals surface area contributed by atoms with Gasteiger partial charge in [0, 0.05) is 67.4 Å². The number of fused-ring (bicyclic) bond motifs is 2. The zero-order valence-corrected chi connectivity index (χ0v) is 32.0. The topological polar surface area (TPSA) is 131 Å². The van der Waals surface area contributed by atoms with Crippen LogP contribution in [0, 0.1) is 13.8 Å². The van der Waals surface area contributed by atoms with Crippen LogP contribution in [0.4, 0.5) is 8.78 Å². The van der Waals surface area contributed by atoms with Crippen LogP contribution in [0.3, 0.4) is 0 Å². The molecule has 2 aliphatic rings. The minimum atomic E-state index is -3.07. The van der Waals surface area contributed by atoms with E-state index in [1.54, 1.807) is 11.0 Å². The number of halogens is 2. The Morgan fingerprint density at radius 2 is 1.79 bits per heavy atom. The molecule has 0 amide bonds. The first-order chi connectivity index (χ1) is 27.5. The summed E-state index contributed by atoms with van der Waals surface area (Å²) in [7, 11) is 0. The molecule has 57 heavy (non-hydrogen) atoms. The van der Waals surface area contributed by atoms with Crippen molar-refractivity contribution in [1.82, 2.24) is 24.8 Å². The number of likely N-dealkylation sites (tertiary alicyclic amines) is 2. The smallest absolute Gasteiger partial charge is 0.387 e. The number of aliphatic carboxylic acids is 1. The number of rotatable bonds is 13. The lowest BCUT2D eigenvalue weighted by Gasteiger charge is -2.33. The number of carboxylic acid groups (broad SMARTS) is 1. The first-order valence-electron chi connectivity index (χ1n) is 19.1. The van der Waals surface area contributed by atoms with Gasteiger partial charge in [-0.1, -0.05) is 30.3 Å². The average Bonchev–Trinajstić information content (AvgIpc) is 3.91. The van der Waals surface area contributed by atoms with E-state index in [0.29, 0.717) is 55.8 Å². The molecule has 0 aliphatic carbocycles. The van der Waals surface area contributed by atoms with E-state index in [2.05, 4.69) is 36.1 Å². The van der Waals surface area contributed by atoms with Crippen molar-refractivity contribution in [3.63, 3.8) is 0 Å². The van der Waals surface area contributed by atoms with E-state index in [1.165, 1.54) is 6.07 Å². The van der Waals surface area contributed by atoms with Gasteiger partial charge in [0.1, 0.15) is 17.3 Å². The first kappa shape index (κ1) is 38.1. The lowest BCUT2D eigenvalue weighted by molar-refractivity contribution is -0.159. The van der Waals surface area contributed by atoms with Gasteiger partial charge in [-0.3, -0.25) is 29.4 Å². The van der Waals surface area contributed by atoms with E-state index in [9.17, 15) is 23.5 Å². The van der Waals surface area contributed by atoms with Gasteiger partial charge in [-0.15, -0.1) is 0 Å². The van der Waals surface area contributed by atoms with Gasteiger partial charge in [-0.05, 0) is 104 Å². The molecule has 0 bridgehead atoms. The molecule has 11 nitrogen and oxygen atoms in total. The number of carbonyl (C=O) groups excluding carboxylic acids is 1. The quantitative estimate of drug-likeness (QED) is 0.113. The van der Waals surface area contributed by atoms with Crippen LogP contribution in [0.15, 0.2) is 77.5 Å². The Labute approximate surface area is 328 Å². The number of nitrogens with zero attached hydrogens (tertiary/aromatic N) is 5. The zero-order valence-electron chi connectivity index (χ0n) is 32.0. The summed E-state index contributed by atoms with van der Waals surface area (Å²) in [5, 5.41) is 10.7. The molecular weight excluding hydrogens is 733 g/mol. The number of alkyl halides is 2. The number of ether oxygens (including phenoxy) is 2. The normalized spacial score (nSPS) is 18.9. The number of carbonyl (C=O) groups is 2. The van der Waals surface area contributed by atoms with Gasteiger partial charge in [0.2, 0.25) is 5.89 Å². The lowest BCUT2D eigenvalue weighted by atomic mass is 9.90. The molecule has 0 saturated carbocycles. The summed E-state index contributed by atoms with van der Waals surface area (Å²) in [5.41, 5.74) is 9.19. The third-order valence-corrected chi connectivity index (χ3v) is 11.6. The largest absolute Gasteiger partial charge is 0.480 e. The van der Waals surface area contributed by atoms with Gasteiger partial charge < -0.3 is 19.0 Å². The molecule has 2 saturated heterocycles. The number of benzene rings is 3. The van der Waals surface area contributed by atoms with Gasteiger partial charge in [0.05, 0.1) is 11.2 Å². The highest BCUT2D eigenvalue weighted by Gasteiger charge is 2.38. The summed E-state index contributed by atoms with van der Waals surface area (Å²) < 4.78 is 43.6. The summed E-state index contributed by atoms with van der Waals surface area (Å²) in [6, 6.07) is 18.6. The minimum Gasteiger partial charge on any atom is -0.480 e. The Hall–Kier alpha value is -5.79. The van der Waals surface area contributed by atoms with Crippen LogP contribution in [-0.2, 0) is 33.8 Å². The van der Waals surface area contributed by atoms with E-state index in [0.717, 1.165) is 74.9 Å². The molecule has 1 N–H and O–H groups in total. The lowest BCUT2D eigenvalue weighted by Crippen LogP contribution is -2.42. The predicted molar refractivity (Wildman–Crippen MR) is 210 cm³/mol. The SMILES string of the molecule is Cc1c(Cc2nccc3cc(CN4CCC[C@@]4(C)OC=O)cnc23)cccc1-c1cccc(-c2nc3cc(CN4CCC[C@H]4C(=O)O)c(OC(F)F)cc3o2)c1C. The second kappa shape index (κ2) is 15.6. The van der Waals surface area contributed by atoms with E-state index in [-0.39, 0.29) is 17.9 Å². The average molecular weight is 776 g/mol. The molecule has 294 valence electrons. The predicted octanol–water partition coefficient (Wildman–Crippen LogP) is 8.45. The van der Waals surface area contributed by atoms with Crippen LogP contribution in [-0.4, -0.2) is 73.8 Å². The van der Waals surface area contributed by atoms with Crippen LogP contribution in [0.5, 0.6) is 5.75 Å². The van der Waals surface area contributed by atoms with Crippen molar-refractivity contribution in [2.24, 2.45) is 0 Å². The number of hydrogen-bond donors (Lipinski definition) is 1. The number of pyridine rings is 2. The van der Waals surface area contributed by atoms with E-state index in [1.807, 2.05) is 50.5 Å². The molecule has 3 aromatic heterocycles. The summed E-state index contributed by atoms with van der Waals surface area (Å²) >= 11 is 0. The Morgan fingerprint density at radius 3 is 2.58 bits per heavy atom. The molecule has 3 aromatic carbocycles. The Bertz CT molecular complexity index is 2490. The van der Waals surface area contributed by atoms with Gasteiger partial charge in [-0.25, -0.2) is 4.98 Å². The maximum atomic E-state index is 13.5. The number of carboxylic acids is 1. The highest BCUT2D eigenvalue weighted by molar-refractivity contribution is 5.84. The molecule has 8 rings (SSSR count). The van der Waals surface area contributed by atoms with Gasteiger partial charge in [0.15, 0.2) is 11.3 Å². The summed E-state index contributed by atoms with van der Waals surface area (Å²) in [6.45, 7) is 5.65. The highest BCUT2D eigenvalue weighted by atomic mass is 19.3. The van der Waals surface area contributed by atoms with Crippen LogP contribution in [0.2, 0.25) is 0 Å². The molecule has 13 heteroatoms. The van der Waals surface area contributed by atoms with Crippen LogP contribution < -0.4 is 4.74 Å². The van der Waals surface area contributed by atoms with Crippen molar-refractivity contribution < 1.29 is 37.4 Å². The van der Waals surface area contributed by atoms with Gasteiger partial charge in [0.25, 0.3) is 6.47 Å². The standard InChI is InChI=1S/C44H43F2N5O6/c1-26-29(19-36-40-30(13-15-47-36)18-28(22-48-40)23-51-17-7-14-44(51,3)55-25-52)8-4-9-32(26)33-10-5-11-34(27(33)2)41-49-35-20-31(24-50-16-6-12-37(50)42(53)54)38(57-43(45)46)21-39(35)56-41/h4-5,8-11,13,15,18,20-22,25,37,43H,6-7,12,14,16-17,19,23-24H2,1-3H3,(H,53,54)/t37-,44+/m0/s1. The van der Waals surface area contributed by atoms with E-state index in [4.69, 9.17) is 28.8 Å². The summed E-state index contributed by atoms with van der Waals surface area (Å²) in [5.74, 6) is -0.674. The third-order valence-electron chi connectivity index (χ3n) is 11.6. The van der Waals surface area contributed by atoms with Crippen molar-refractivity contribution in [1.29, 1.82) is 0 Å². The fourth-order valence-electron chi connectivity index (χ4n) is 8.54. The molecular formula is C44H43F2N5O6. The molecule has 0 unspecified atom stereocenters. The molecule has 0 radical (unpaired) electrons. The Balaban J connectivity index is 1.07. The molecule has 0 spiro atoms. The fourth-order valence-corrected chi connectivity index (χ4v) is 8.54. The molecule has 2 fully saturated rings. The van der Waals surface area contributed by atoms with Crippen molar-refractivity contribution in [3.05, 3.63) is 107 Å². The van der Waals surface area contributed by atoms with E-state index < -0.39 is 24.3 Å². The van der Waals surface area contributed by atoms with Gasteiger partial charge >= 0.3 is 12.6 Å². The maximum absolute atomic E-state index is 13.5. The summed E-state index contributed by atoms with van der Waals surface area (Å²) in [4.78, 5) is 41.3. The van der Waals surface area contributed by atoms with Crippen LogP contribution >= 0.6 is 0 Å². The van der Waals surface area contributed by atoms with Crippen LogP contribution in [0.25, 0.3) is 44.6 Å². The second-order valence-electron chi connectivity index (χ2n) is 15.1. The number of oxazole rings is 1.